The lowest BCUT2D eigenvalue weighted by Crippen LogP contribution is -2.26. The largest absolute Gasteiger partial charge is 0.321 e. The van der Waals surface area contributed by atoms with Crippen molar-refractivity contribution >= 4 is 27.9 Å². The molecule has 2 heterocycles. The number of carbonyl (C=O) groups excluding carboxylic acids is 1. The first-order chi connectivity index (χ1) is 10.1. The fourth-order valence-corrected chi connectivity index (χ4v) is 2.57. The van der Waals surface area contributed by atoms with Crippen molar-refractivity contribution in [1.29, 1.82) is 0 Å². The molecule has 0 atom stereocenters. The number of nitrogens with zero attached hydrogens (tertiary/aromatic N) is 2. The molecule has 0 radical (unpaired) electrons. The van der Waals surface area contributed by atoms with Crippen molar-refractivity contribution in [3.8, 4) is 0 Å². The summed E-state index contributed by atoms with van der Waals surface area (Å²) in [5.41, 5.74) is 0.492. The van der Waals surface area contributed by atoms with E-state index < -0.39 is 17.3 Å². The number of rotatable bonds is 2. The second kappa shape index (κ2) is 5.10. The second-order valence-corrected chi connectivity index (χ2v) is 5.32. The van der Waals surface area contributed by atoms with Gasteiger partial charge in [-0.25, -0.2) is 9.37 Å². The van der Waals surface area contributed by atoms with Gasteiger partial charge in [0.2, 0.25) is 0 Å². The molecule has 0 aliphatic carbocycles. The normalized spacial score (nSPS) is 10.8. The Morgan fingerprint density at radius 3 is 3.05 bits per heavy atom. The molecular formula is C14H10FN3O2S. The van der Waals surface area contributed by atoms with E-state index in [2.05, 4.69) is 10.3 Å². The average molecular weight is 303 g/mol. The highest BCUT2D eigenvalue weighted by Gasteiger charge is 2.15. The minimum absolute atomic E-state index is 0.0884. The Kier molecular flexibility index (Phi) is 3.26. The molecule has 0 saturated carbocycles. The Bertz CT molecular complexity index is 901. The third kappa shape index (κ3) is 2.43. The van der Waals surface area contributed by atoms with Crippen molar-refractivity contribution in [2.45, 2.75) is 6.92 Å². The van der Waals surface area contributed by atoms with Crippen molar-refractivity contribution < 1.29 is 9.18 Å². The summed E-state index contributed by atoms with van der Waals surface area (Å²) in [6, 6.07) is 4.07. The summed E-state index contributed by atoms with van der Waals surface area (Å²) >= 11 is 1.30. The lowest BCUT2D eigenvalue weighted by Gasteiger charge is -2.08. The molecule has 0 unspecified atom stereocenters. The Morgan fingerprint density at radius 1 is 1.43 bits per heavy atom. The van der Waals surface area contributed by atoms with Gasteiger partial charge >= 0.3 is 0 Å². The Morgan fingerprint density at radius 2 is 2.24 bits per heavy atom. The van der Waals surface area contributed by atoms with Gasteiger partial charge in [-0.1, -0.05) is 6.07 Å². The summed E-state index contributed by atoms with van der Waals surface area (Å²) in [5.74, 6) is -1.07. The van der Waals surface area contributed by atoms with E-state index in [1.165, 1.54) is 34.1 Å². The molecule has 0 bridgehead atoms. The summed E-state index contributed by atoms with van der Waals surface area (Å²) in [4.78, 5) is 28.9. The summed E-state index contributed by atoms with van der Waals surface area (Å²) in [7, 11) is 0. The predicted octanol–water partition coefficient (Wildman–Crippen LogP) is 2.46. The maximum Gasteiger partial charge on any atom is 0.271 e. The monoisotopic (exact) mass is 303 g/mol. The highest BCUT2D eigenvalue weighted by molar-refractivity contribution is 7.15. The summed E-state index contributed by atoms with van der Waals surface area (Å²) < 4.78 is 14.5. The van der Waals surface area contributed by atoms with Crippen LogP contribution in [0, 0.1) is 12.7 Å². The fraction of sp³-hybridized carbons (Fsp3) is 0.0714. The van der Waals surface area contributed by atoms with Crippen LogP contribution in [0.1, 0.15) is 15.9 Å². The number of anilines is 1. The van der Waals surface area contributed by atoms with Gasteiger partial charge in [0.05, 0.1) is 0 Å². The number of fused-ring (bicyclic) bond motifs is 1. The molecule has 0 aliphatic heterocycles. The average Bonchev–Trinajstić information content (AvgIpc) is 2.92. The smallest absolute Gasteiger partial charge is 0.271 e. The Hall–Kier alpha value is -2.54. The molecule has 1 N–H and O–H groups in total. The van der Waals surface area contributed by atoms with Gasteiger partial charge in [-0.3, -0.25) is 14.0 Å². The molecule has 21 heavy (non-hydrogen) atoms. The van der Waals surface area contributed by atoms with Gasteiger partial charge in [-0.15, -0.1) is 11.3 Å². The molecule has 0 saturated heterocycles. The van der Waals surface area contributed by atoms with Crippen LogP contribution in [0.5, 0.6) is 0 Å². The number of hydrogen-bond donors (Lipinski definition) is 1. The summed E-state index contributed by atoms with van der Waals surface area (Å²) in [6.07, 6.45) is 2.79. The first-order valence-corrected chi connectivity index (χ1v) is 6.96. The zero-order chi connectivity index (χ0) is 15.0. The van der Waals surface area contributed by atoms with Crippen LogP contribution < -0.4 is 10.9 Å². The van der Waals surface area contributed by atoms with Crippen molar-refractivity contribution in [3.63, 3.8) is 0 Å². The van der Waals surface area contributed by atoms with E-state index >= 15 is 0 Å². The van der Waals surface area contributed by atoms with Crippen molar-refractivity contribution in [3.05, 3.63) is 63.3 Å². The van der Waals surface area contributed by atoms with Crippen molar-refractivity contribution in [2.24, 2.45) is 0 Å². The molecule has 0 fully saturated rings. The Balaban J connectivity index is 1.99. The maximum absolute atomic E-state index is 13.2. The molecule has 7 heteroatoms. The molecule has 5 nitrogen and oxygen atoms in total. The highest BCUT2D eigenvalue weighted by Crippen LogP contribution is 2.16. The number of nitrogens with one attached hydrogen (secondary N) is 1. The van der Waals surface area contributed by atoms with Gasteiger partial charge in [0.25, 0.3) is 11.5 Å². The molecule has 3 aromatic rings. The van der Waals surface area contributed by atoms with Crippen molar-refractivity contribution in [2.75, 3.05) is 5.32 Å². The van der Waals surface area contributed by atoms with Gasteiger partial charge in [-0.2, -0.15) is 0 Å². The number of carbonyl (C=O) groups is 1. The number of aryl methyl sites for hydroxylation is 1. The number of thiazole rings is 1. The quantitative estimate of drug-likeness (QED) is 0.791. The van der Waals surface area contributed by atoms with E-state index in [4.69, 9.17) is 0 Å². The number of amides is 1. The van der Waals surface area contributed by atoms with Gasteiger partial charge in [-0.05, 0) is 24.6 Å². The van der Waals surface area contributed by atoms with Gasteiger partial charge in [0.1, 0.15) is 11.4 Å². The number of aromatic nitrogens is 2. The molecule has 1 aromatic carbocycles. The van der Waals surface area contributed by atoms with Crippen LogP contribution in [0.25, 0.3) is 4.96 Å². The Labute approximate surface area is 122 Å². The molecule has 3 rings (SSSR count). The molecular weight excluding hydrogens is 293 g/mol. The molecule has 0 aliphatic rings. The van der Waals surface area contributed by atoms with Gasteiger partial charge in [0, 0.05) is 23.5 Å². The van der Waals surface area contributed by atoms with E-state index in [1.807, 2.05) is 0 Å². The maximum atomic E-state index is 13.2. The third-order valence-corrected chi connectivity index (χ3v) is 3.81. The van der Waals surface area contributed by atoms with Crippen LogP contribution in [0.4, 0.5) is 10.1 Å². The number of halogens is 1. The van der Waals surface area contributed by atoms with E-state index in [0.29, 0.717) is 16.2 Å². The van der Waals surface area contributed by atoms with Crippen LogP contribution >= 0.6 is 11.3 Å². The lowest BCUT2D eigenvalue weighted by atomic mass is 10.2. The zero-order valence-corrected chi connectivity index (χ0v) is 11.8. The SMILES string of the molecule is Cc1ccc(F)cc1NC(=O)c1cnc2sccn2c1=O. The van der Waals surface area contributed by atoms with Crippen LogP contribution in [0.2, 0.25) is 0 Å². The van der Waals surface area contributed by atoms with Crippen molar-refractivity contribution in [1.82, 2.24) is 9.38 Å². The van der Waals surface area contributed by atoms with E-state index in [9.17, 15) is 14.0 Å². The summed E-state index contributed by atoms with van der Waals surface area (Å²) in [5, 5.41) is 4.25. The van der Waals surface area contributed by atoms with Gasteiger partial charge in [0.15, 0.2) is 4.96 Å². The molecule has 2 aromatic heterocycles. The first kappa shape index (κ1) is 13.4. The fourth-order valence-electron chi connectivity index (χ4n) is 1.90. The molecule has 106 valence electrons. The van der Waals surface area contributed by atoms with Crippen LogP contribution in [-0.2, 0) is 0 Å². The second-order valence-electron chi connectivity index (χ2n) is 4.45. The molecule has 0 spiro atoms. The minimum atomic E-state index is -0.609. The minimum Gasteiger partial charge on any atom is -0.321 e. The predicted molar refractivity (Wildman–Crippen MR) is 78.4 cm³/mol. The molecule has 1 amide bonds. The van der Waals surface area contributed by atoms with E-state index in [0.717, 1.165) is 0 Å². The van der Waals surface area contributed by atoms with E-state index in [-0.39, 0.29) is 5.56 Å². The lowest BCUT2D eigenvalue weighted by molar-refractivity contribution is 0.102. The first-order valence-electron chi connectivity index (χ1n) is 6.08. The highest BCUT2D eigenvalue weighted by atomic mass is 32.1. The zero-order valence-electron chi connectivity index (χ0n) is 11.0. The number of benzene rings is 1. The summed E-state index contributed by atoms with van der Waals surface area (Å²) in [6.45, 7) is 1.74. The van der Waals surface area contributed by atoms with Crippen LogP contribution in [-0.4, -0.2) is 15.3 Å². The van der Waals surface area contributed by atoms with E-state index in [1.54, 1.807) is 24.6 Å². The topological polar surface area (TPSA) is 63.5 Å². The standard InChI is InChI=1S/C14H10FN3O2S/c1-8-2-3-9(15)6-11(8)17-12(19)10-7-16-14-18(13(10)20)4-5-21-14/h2-7H,1H3,(H,17,19). The van der Waals surface area contributed by atoms with Gasteiger partial charge < -0.3 is 5.32 Å². The van der Waals surface area contributed by atoms with Crippen LogP contribution in [0.15, 0.2) is 40.8 Å². The number of hydrogen-bond acceptors (Lipinski definition) is 4. The van der Waals surface area contributed by atoms with Crippen LogP contribution in [0.3, 0.4) is 0 Å². The third-order valence-electron chi connectivity index (χ3n) is 3.04.